The van der Waals surface area contributed by atoms with Crippen molar-refractivity contribution in [3.63, 3.8) is 0 Å². The maximum Gasteiger partial charge on any atom is 0.573 e. The van der Waals surface area contributed by atoms with Gasteiger partial charge in [-0.15, -0.1) is 13.2 Å². The highest BCUT2D eigenvalue weighted by Crippen LogP contribution is 2.30. The van der Waals surface area contributed by atoms with Gasteiger partial charge in [-0.1, -0.05) is 23.7 Å². The molecule has 2 aromatic rings. The SMILES string of the molecule is O=C(O)c1cnc(Cl)c(-c2ccc(OC(F)(F)F)cc2)c1. The number of pyridine rings is 1. The lowest BCUT2D eigenvalue weighted by atomic mass is 10.1. The van der Waals surface area contributed by atoms with Gasteiger partial charge in [0, 0.05) is 11.8 Å². The Hall–Kier alpha value is -2.28. The number of carbonyl (C=O) groups is 1. The Labute approximate surface area is 121 Å². The van der Waals surface area contributed by atoms with Crippen molar-refractivity contribution in [2.24, 2.45) is 0 Å². The van der Waals surface area contributed by atoms with Crippen LogP contribution in [-0.2, 0) is 0 Å². The van der Waals surface area contributed by atoms with Crippen LogP contribution in [0.3, 0.4) is 0 Å². The number of ether oxygens (including phenoxy) is 1. The van der Waals surface area contributed by atoms with Crippen LogP contribution in [0.15, 0.2) is 36.5 Å². The van der Waals surface area contributed by atoms with Gasteiger partial charge in [0.2, 0.25) is 0 Å². The highest BCUT2D eigenvalue weighted by molar-refractivity contribution is 6.32. The third kappa shape index (κ3) is 3.85. The van der Waals surface area contributed by atoms with E-state index in [1.807, 2.05) is 0 Å². The van der Waals surface area contributed by atoms with E-state index in [1.54, 1.807) is 0 Å². The van der Waals surface area contributed by atoms with Crippen LogP contribution in [-0.4, -0.2) is 22.4 Å². The molecule has 21 heavy (non-hydrogen) atoms. The van der Waals surface area contributed by atoms with Gasteiger partial charge in [-0.2, -0.15) is 0 Å². The molecular formula is C13H7ClF3NO3. The molecule has 0 atom stereocenters. The van der Waals surface area contributed by atoms with Gasteiger partial charge in [-0.25, -0.2) is 9.78 Å². The summed E-state index contributed by atoms with van der Waals surface area (Å²) in [7, 11) is 0. The van der Waals surface area contributed by atoms with Crippen molar-refractivity contribution < 1.29 is 27.8 Å². The molecule has 1 heterocycles. The summed E-state index contributed by atoms with van der Waals surface area (Å²) in [6.07, 6.45) is -3.68. The molecule has 0 saturated carbocycles. The molecule has 4 nitrogen and oxygen atoms in total. The minimum Gasteiger partial charge on any atom is -0.478 e. The van der Waals surface area contributed by atoms with Crippen LogP contribution in [0, 0.1) is 0 Å². The molecule has 0 fully saturated rings. The van der Waals surface area contributed by atoms with Crippen molar-refractivity contribution in [3.05, 3.63) is 47.2 Å². The third-order valence-electron chi connectivity index (χ3n) is 2.48. The van der Waals surface area contributed by atoms with Crippen molar-refractivity contribution >= 4 is 17.6 Å². The smallest absolute Gasteiger partial charge is 0.478 e. The quantitative estimate of drug-likeness (QED) is 0.869. The molecular weight excluding hydrogens is 311 g/mol. The van der Waals surface area contributed by atoms with E-state index in [0.29, 0.717) is 11.1 Å². The van der Waals surface area contributed by atoms with E-state index in [-0.39, 0.29) is 16.5 Å². The number of carboxylic acid groups (broad SMARTS) is 1. The fraction of sp³-hybridized carbons (Fsp3) is 0.0769. The number of hydrogen-bond donors (Lipinski definition) is 1. The molecule has 0 aliphatic rings. The summed E-state index contributed by atoms with van der Waals surface area (Å²) in [5.74, 6) is -1.57. The van der Waals surface area contributed by atoms with E-state index >= 15 is 0 Å². The van der Waals surface area contributed by atoms with Crippen molar-refractivity contribution in [3.8, 4) is 16.9 Å². The number of aromatic carboxylic acids is 1. The molecule has 0 radical (unpaired) electrons. The number of nitrogens with zero attached hydrogens (tertiary/aromatic N) is 1. The number of benzene rings is 1. The van der Waals surface area contributed by atoms with E-state index in [9.17, 15) is 18.0 Å². The number of alkyl halides is 3. The lowest BCUT2D eigenvalue weighted by molar-refractivity contribution is -0.274. The predicted octanol–water partition coefficient (Wildman–Crippen LogP) is 4.00. The van der Waals surface area contributed by atoms with E-state index in [0.717, 1.165) is 18.3 Å². The maximum atomic E-state index is 12.1. The Bertz CT molecular complexity index is 671. The first-order valence-electron chi connectivity index (χ1n) is 5.51. The van der Waals surface area contributed by atoms with Crippen LogP contribution in [0.1, 0.15) is 10.4 Å². The highest BCUT2D eigenvalue weighted by Gasteiger charge is 2.31. The van der Waals surface area contributed by atoms with Gasteiger partial charge >= 0.3 is 12.3 Å². The lowest BCUT2D eigenvalue weighted by Crippen LogP contribution is -2.16. The molecule has 8 heteroatoms. The second-order valence-corrected chi connectivity index (χ2v) is 4.30. The highest BCUT2D eigenvalue weighted by atomic mass is 35.5. The molecule has 0 saturated heterocycles. The first-order valence-corrected chi connectivity index (χ1v) is 5.89. The molecule has 0 aliphatic carbocycles. The van der Waals surface area contributed by atoms with Crippen molar-refractivity contribution in [2.75, 3.05) is 0 Å². The van der Waals surface area contributed by atoms with Crippen LogP contribution < -0.4 is 4.74 Å². The summed E-state index contributed by atoms with van der Waals surface area (Å²) in [6, 6.07) is 6.15. The van der Waals surface area contributed by atoms with Crippen molar-refractivity contribution in [2.45, 2.75) is 6.36 Å². The monoisotopic (exact) mass is 317 g/mol. The van der Waals surface area contributed by atoms with Crippen LogP contribution in [0.4, 0.5) is 13.2 Å². The summed E-state index contributed by atoms with van der Waals surface area (Å²) >= 11 is 5.87. The number of aromatic nitrogens is 1. The van der Waals surface area contributed by atoms with Gasteiger partial charge in [0.25, 0.3) is 0 Å². The van der Waals surface area contributed by atoms with E-state index < -0.39 is 12.3 Å². The Morgan fingerprint density at radius 2 is 1.86 bits per heavy atom. The Morgan fingerprint density at radius 3 is 2.38 bits per heavy atom. The molecule has 0 bridgehead atoms. The number of carboxylic acids is 1. The van der Waals surface area contributed by atoms with Gasteiger partial charge in [0.1, 0.15) is 10.9 Å². The topological polar surface area (TPSA) is 59.4 Å². The van der Waals surface area contributed by atoms with E-state index in [4.69, 9.17) is 16.7 Å². The summed E-state index contributed by atoms with van der Waals surface area (Å²) in [5.41, 5.74) is 0.644. The summed E-state index contributed by atoms with van der Waals surface area (Å²) in [5, 5.41) is 8.94. The molecule has 2 rings (SSSR count). The van der Waals surface area contributed by atoms with Gasteiger partial charge in [-0.05, 0) is 23.8 Å². The molecule has 1 aromatic heterocycles. The Morgan fingerprint density at radius 1 is 1.24 bits per heavy atom. The number of hydrogen-bond acceptors (Lipinski definition) is 3. The largest absolute Gasteiger partial charge is 0.573 e. The van der Waals surface area contributed by atoms with Gasteiger partial charge in [0.15, 0.2) is 0 Å². The second kappa shape index (κ2) is 5.61. The molecule has 1 aromatic carbocycles. The van der Waals surface area contributed by atoms with E-state index in [1.165, 1.54) is 18.2 Å². The molecule has 0 unspecified atom stereocenters. The second-order valence-electron chi connectivity index (χ2n) is 3.94. The first kappa shape index (κ1) is 15.1. The third-order valence-corrected chi connectivity index (χ3v) is 2.79. The van der Waals surface area contributed by atoms with Crippen molar-refractivity contribution in [1.29, 1.82) is 0 Å². The standard InChI is InChI=1S/C13H7ClF3NO3/c14-11-10(5-8(6-18-11)12(19)20)7-1-3-9(4-2-7)21-13(15,16)17/h1-6H,(H,19,20). The number of halogens is 4. The van der Waals surface area contributed by atoms with Crippen LogP contribution in [0.2, 0.25) is 5.15 Å². The average molecular weight is 318 g/mol. The van der Waals surface area contributed by atoms with Gasteiger partial charge in [-0.3, -0.25) is 0 Å². The Balaban J connectivity index is 2.34. The lowest BCUT2D eigenvalue weighted by Gasteiger charge is -2.10. The fourth-order valence-electron chi connectivity index (χ4n) is 1.60. The molecule has 0 aliphatic heterocycles. The molecule has 0 amide bonds. The number of rotatable bonds is 3. The van der Waals surface area contributed by atoms with Crippen LogP contribution in [0.25, 0.3) is 11.1 Å². The molecule has 1 N–H and O–H groups in total. The van der Waals surface area contributed by atoms with Crippen LogP contribution >= 0.6 is 11.6 Å². The average Bonchev–Trinajstić information content (AvgIpc) is 2.38. The molecule has 0 spiro atoms. The molecule has 110 valence electrons. The predicted molar refractivity (Wildman–Crippen MR) is 68.3 cm³/mol. The van der Waals surface area contributed by atoms with Crippen molar-refractivity contribution in [1.82, 2.24) is 4.98 Å². The Kier molecular flexibility index (Phi) is 4.04. The normalized spacial score (nSPS) is 11.2. The maximum absolute atomic E-state index is 12.1. The zero-order chi connectivity index (χ0) is 15.6. The fourth-order valence-corrected chi connectivity index (χ4v) is 1.82. The van der Waals surface area contributed by atoms with Gasteiger partial charge < -0.3 is 9.84 Å². The minimum absolute atomic E-state index is 0.0458. The summed E-state index contributed by atoms with van der Waals surface area (Å²) in [6.45, 7) is 0. The summed E-state index contributed by atoms with van der Waals surface area (Å²) in [4.78, 5) is 14.6. The zero-order valence-electron chi connectivity index (χ0n) is 10.2. The summed E-state index contributed by atoms with van der Waals surface area (Å²) < 4.78 is 39.9. The zero-order valence-corrected chi connectivity index (χ0v) is 10.9. The first-order chi connectivity index (χ1) is 9.76. The van der Waals surface area contributed by atoms with Crippen LogP contribution in [0.5, 0.6) is 5.75 Å². The van der Waals surface area contributed by atoms with Gasteiger partial charge in [0.05, 0.1) is 5.56 Å². The van der Waals surface area contributed by atoms with E-state index in [2.05, 4.69) is 9.72 Å². The minimum atomic E-state index is -4.77.